The second-order valence-electron chi connectivity index (χ2n) is 5.80. The smallest absolute Gasteiger partial charge is 0.243 e. The molecule has 2 aromatic rings. The SMILES string of the molecule is I.NC(=NCc1ccc(S(=O)(=O)N2CCCC2)cc1)Nc1ccccn1. The van der Waals surface area contributed by atoms with Gasteiger partial charge in [0.05, 0.1) is 11.4 Å². The molecule has 0 spiro atoms. The lowest BCUT2D eigenvalue weighted by molar-refractivity contribution is 0.477. The number of aromatic nitrogens is 1. The Balaban J connectivity index is 0.00000243. The van der Waals surface area contributed by atoms with Gasteiger partial charge in [0.2, 0.25) is 10.0 Å². The molecule has 0 radical (unpaired) electrons. The lowest BCUT2D eigenvalue weighted by Crippen LogP contribution is -2.27. The van der Waals surface area contributed by atoms with Gasteiger partial charge in [-0.25, -0.2) is 18.4 Å². The van der Waals surface area contributed by atoms with Crippen LogP contribution < -0.4 is 11.1 Å². The van der Waals surface area contributed by atoms with Gasteiger partial charge in [0, 0.05) is 19.3 Å². The summed E-state index contributed by atoms with van der Waals surface area (Å²) in [6.45, 7) is 1.56. The third kappa shape index (κ3) is 5.15. The van der Waals surface area contributed by atoms with Crippen molar-refractivity contribution in [3.05, 3.63) is 54.2 Å². The van der Waals surface area contributed by atoms with E-state index < -0.39 is 10.0 Å². The van der Waals surface area contributed by atoms with Gasteiger partial charge in [0.15, 0.2) is 5.96 Å². The van der Waals surface area contributed by atoms with E-state index in [1.807, 2.05) is 12.1 Å². The largest absolute Gasteiger partial charge is 0.370 e. The fourth-order valence-electron chi connectivity index (χ4n) is 2.63. The van der Waals surface area contributed by atoms with E-state index in [4.69, 9.17) is 5.73 Å². The number of rotatable bonds is 5. The number of nitrogens with zero attached hydrogens (tertiary/aromatic N) is 3. The first-order valence-corrected chi connectivity index (χ1v) is 9.57. The molecule has 2 heterocycles. The Morgan fingerprint density at radius 3 is 2.46 bits per heavy atom. The Kier molecular flexibility index (Phi) is 7.35. The molecule has 0 atom stereocenters. The predicted octanol–water partition coefficient (Wildman–Crippen LogP) is 2.41. The summed E-state index contributed by atoms with van der Waals surface area (Å²) in [7, 11) is -3.38. The standard InChI is InChI=1S/C17H21N5O2S.HI/c18-17(21-16-5-1-2-10-19-16)20-13-14-6-8-15(9-7-14)25(23,24)22-11-3-4-12-22;/h1-2,5-10H,3-4,11-13H2,(H3,18,19,20,21);1H. The maximum Gasteiger partial charge on any atom is 0.243 e. The number of guanidine groups is 1. The molecule has 0 saturated carbocycles. The highest BCUT2D eigenvalue weighted by molar-refractivity contribution is 14.0. The molecule has 140 valence electrons. The van der Waals surface area contributed by atoms with E-state index in [9.17, 15) is 8.42 Å². The number of pyridine rings is 1. The van der Waals surface area contributed by atoms with Crippen LogP contribution in [-0.4, -0.2) is 36.8 Å². The average Bonchev–Trinajstić information content (AvgIpc) is 3.17. The topological polar surface area (TPSA) is 101 Å². The molecule has 1 aromatic carbocycles. The zero-order valence-corrected chi connectivity index (χ0v) is 17.4. The van der Waals surface area contributed by atoms with Gasteiger partial charge in [-0.2, -0.15) is 4.31 Å². The molecule has 0 amide bonds. The van der Waals surface area contributed by atoms with Crippen LogP contribution in [0.15, 0.2) is 58.5 Å². The second-order valence-corrected chi connectivity index (χ2v) is 7.73. The van der Waals surface area contributed by atoms with Crippen molar-refractivity contribution >= 4 is 45.8 Å². The molecule has 0 unspecified atom stereocenters. The van der Waals surface area contributed by atoms with Crippen molar-refractivity contribution in [2.45, 2.75) is 24.3 Å². The Bertz CT molecular complexity index is 835. The normalized spacial score (nSPS) is 15.5. The van der Waals surface area contributed by atoms with Crippen LogP contribution in [0.1, 0.15) is 18.4 Å². The number of anilines is 1. The van der Waals surface area contributed by atoms with Crippen molar-refractivity contribution in [1.29, 1.82) is 0 Å². The fraction of sp³-hybridized carbons (Fsp3) is 0.294. The van der Waals surface area contributed by atoms with Gasteiger partial charge in [-0.15, -0.1) is 24.0 Å². The summed E-state index contributed by atoms with van der Waals surface area (Å²) >= 11 is 0. The molecule has 0 aliphatic carbocycles. The number of nitrogens with one attached hydrogen (secondary N) is 1. The molecule has 1 aliphatic heterocycles. The number of hydrogen-bond acceptors (Lipinski definition) is 4. The Morgan fingerprint density at radius 2 is 1.85 bits per heavy atom. The fourth-order valence-corrected chi connectivity index (χ4v) is 4.15. The molecule has 1 saturated heterocycles. The molecule has 0 bridgehead atoms. The summed E-state index contributed by atoms with van der Waals surface area (Å²) in [4.78, 5) is 8.67. The Hall–Kier alpha value is -1.72. The van der Waals surface area contributed by atoms with E-state index in [2.05, 4.69) is 15.3 Å². The summed E-state index contributed by atoms with van der Waals surface area (Å²) in [6, 6.07) is 12.2. The van der Waals surface area contributed by atoms with Crippen LogP contribution >= 0.6 is 24.0 Å². The van der Waals surface area contributed by atoms with Gasteiger partial charge in [0.1, 0.15) is 5.82 Å². The number of halogens is 1. The van der Waals surface area contributed by atoms with Crippen LogP contribution in [-0.2, 0) is 16.6 Å². The molecular weight excluding hydrogens is 465 g/mol. The molecule has 9 heteroatoms. The predicted molar refractivity (Wildman–Crippen MR) is 113 cm³/mol. The summed E-state index contributed by atoms with van der Waals surface area (Å²) in [5.41, 5.74) is 6.71. The van der Waals surface area contributed by atoms with Gasteiger partial charge < -0.3 is 11.1 Å². The zero-order chi connectivity index (χ0) is 17.7. The third-order valence-corrected chi connectivity index (χ3v) is 5.89. The summed E-state index contributed by atoms with van der Waals surface area (Å²) in [6.07, 6.45) is 3.51. The molecular formula is C17H22IN5O2S. The molecule has 26 heavy (non-hydrogen) atoms. The van der Waals surface area contributed by atoms with Crippen LogP contribution in [0.5, 0.6) is 0 Å². The number of nitrogens with two attached hydrogens (primary N) is 1. The van der Waals surface area contributed by atoms with Crippen LogP contribution in [0.4, 0.5) is 5.82 Å². The zero-order valence-electron chi connectivity index (χ0n) is 14.2. The van der Waals surface area contributed by atoms with Crippen LogP contribution in [0.25, 0.3) is 0 Å². The highest BCUT2D eigenvalue weighted by Crippen LogP contribution is 2.21. The number of sulfonamides is 1. The molecule has 3 rings (SSSR count). The van der Waals surface area contributed by atoms with E-state index in [0.29, 0.717) is 30.3 Å². The third-order valence-electron chi connectivity index (χ3n) is 3.98. The molecule has 3 N–H and O–H groups in total. The molecule has 7 nitrogen and oxygen atoms in total. The van der Waals surface area contributed by atoms with E-state index >= 15 is 0 Å². The minimum atomic E-state index is -3.38. The van der Waals surface area contributed by atoms with Gasteiger partial charge in [-0.1, -0.05) is 18.2 Å². The Morgan fingerprint density at radius 1 is 1.15 bits per heavy atom. The number of aliphatic imine (C=N–C) groups is 1. The number of hydrogen-bond donors (Lipinski definition) is 2. The summed E-state index contributed by atoms with van der Waals surface area (Å²) in [5, 5.41) is 2.90. The highest BCUT2D eigenvalue weighted by Gasteiger charge is 2.26. The monoisotopic (exact) mass is 487 g/mol. The molecule has 1 aliphatic rings. The first kappa shape index (κ1) is 20.6. The van der Waals surface area contributed by atoms with Crippen molar-refractivity contribution in [2.75, 3.05) is 18.4 Å². The van der Waals surface area contributed by atoms with Crippen LogP contribution in [0, 0.1) is 0 Å². The maximum absolute atomic E-state index is 12.5. The van der Waals surface area contributed by atoms with Crippen molar-refractivity contribution in [1.82, 2.24) is 9.29 Å². The number of benzene rings is 1. The van der Waals surface area contributed by atoms with Gasteiger partial charge in [-0.3, -0.25) is 0 Å². The van der Waals surface area contributed by atoms with E-state index in [0.717, 1.165) is 18.4 Å². The molecule has 1 aromatic heterocycles. The second kappa shape index (κ2) is 9.28. The van der Waals surface area contributed by atoms with E-state index in [1.165, 1.54) is 4.31 Å². The quantitative estimate of drug-likeness (QED) is 0.383. The van der Waals surface area contributed by atoms with Crippen LogP contribution in [0.2, 0.25) is 0 Å². The minimum absolute atomic E-state index is 0. The van der Waals surface area contributed by atoms with Crippen LogP contribution in [0.3, 0.4) is 0 Å². The lowest BCUT2D eigenvalue weighted by atomic mass is 10.2. The van der Waals surface area contributed by atoms with Crippen molar-refractivity contribution < 1.29 is 8.42 Å². The summed E-state index contributed by atoms with van der Waals surface area (Å²) < 4.78 is 26.5. The van der Waals surface area contributed by atoms with Crippen molar-refractivity contribution in [3.8, 4) is 0 Å². The lowest BCUT2D eigenvalue weighted by Gasteiger charge is -2.15. The molecule has 1 fully saturated rings. The van der Waals surface area contributed by atoms with Crippen molar-refractivity contribution in [2.24, 2.45) is 10.7 Å². The van der Waals surface area contributed by atoms with Gasteiger partial charge >= 0.3 is 0 Å². The minimum Gasteiger partial charge on any atom is -0.370 e. The first-order valence-electron chi connectivity index (χ1n) is 8.13. The average molecular weight is 487 g/mol. The van der Waals surface area contributed by atoms with E-state index in [1.54, 1.807) is 36.5 Å². The van der Waals surface area contributed by atoms with Gasteiger partial charge in [0.25, 0.3) is 0 Å². The van der Waals surface area contributed by atoms with Gasteiger partial charge in [-0.05, 0) is 42.7 Å². The highest BCUT2D eigenvalue weighted by atomic mass is 127. The Labute approximate surface area is 170 Å². The van der Waals surface area contributed by atoms with Crippen molar-refractivity contribution in [3.63, 3.8) is 0 Å². The summed E-state index contributed by atoms with van der Waals surface area (Å²) in [5.74, 6) is 0.878. The maximum atomic E-state index is 12.5. The van der Waals surface area contributed by atoms with E-state index in [-0.39, 0.29) is 29.9 Å². The first-order chi connectivity index (χ1) is 12.1.